The Bertz CT molecular complexity index is 1220. The Morgan fingerprint density at radius 3 is 2.43 bits per heavy atom. The van der Waals surface area contributed by atoms with Crippen LogP contribution in [0.5, 0.6) is 0 Å². The van der Waals surface area contributed by atoms with E-state index in [4.69, 9.17) is 0 Å². The molecule has 2 atom stereocenters. The summed E-state index contributed by atoms with van der Waals surface area (Å²) in [7, 11) is 0. The fourth-order valence-corrected chi connectivity index (χ4v) is 4.32. The maximum Gasteiger partial charge on any atom is 0.123 e. The molecule has 1 N–H and O–H groups in total. The van der Waals surface area contributed by atoms with E-state index in [1.165, 1.54) is 17.7 Å². The molecule has 4 aromatic rings. The SMILES string of the molecule is CCCCC(C#CCC(CCc1ncc(-c2ccncc2)[nH]1)c1ccccc1)c1ccc(F)cc1. The van der Waals surface area contributed by atoms with Crippen LogP contribution in [-0.2, 0) is 6.42 Å². The molecule has 0 fully saturated rings. The molecule has 178 valence electrons. The zero-order chi connectivity index (χ0) is 24.3. The lowest BCUT2D eigenvalue weighted by atomic mass is 9.90. The molecule has 2 aromatic carbocycles. The third-order valence-electron chi connectivity index (χ3n) is 6.36. The van der Waals surface area contributed by atoms with E-state index >= 15 is 0 Å². The maximum atomic E-state index is 13.4. The van der Waals surface area contributed by atoms with Gasteiger partial charge in [0.05, 0.1) is 11.9 Å². The molecule has 0 aliphatic rings. The van der Waals surface area contributed by atoms with Crippen molar-refractivity contribution < 1.29 is 4.39 Å². The van der Waals surface area contributed by atoms with Crippen molar-refractivity contribution in [2.75, 3.05) is 0 Å². The van der Waals surface area contributed by atoms with Crippen LogP contribution in [0.2, 0.25) is 0 Å². The number of H-pyrrole nitrogens is 1. The number of aromatic amines is 1. The molecule has 0 aliphatic carbocycles. The first-order chi connectivity index (χ1) is 17.2. The number of imidazole rings is 1. The minimum absolute atomic E-state index is 0.139. The predicted octanol–water partition coefficient (Wildman–Crippen LogP) is 7.69. The number of aromatic nitrogens is 3. The van der Waals surface area contributed by atoms with Crippen LogP contribution in [0.4, 0.5) is 4.39 Å². The molecule has 0 saturated heterocycles. The van der Waals surface area contributed by atoms with Crippen molar-refractivity contribution in [3.05, 3.63) is 108 Å². The van der Waals surface area contributed by atoms with Crippen LogP contribution in [0.15, 0.2) is 85.3 Å². The lowest BCUT2D eigenvalue weighted by Gasteiger charge is -2.15. The molecule has 0 radical (unpaired) electrons. The number of pyridine rings is 1. The number of nitrogens with zero attached hydrogens (tertiary/aromatic N) is 2. The van der Waals surface area contributed by atoms with E-state index in [9.17, 15) is 4.39 Å². The lowest BCUT2D eigenvalue weighted by molar-refractivity contribution is 0.622. The first kappa shape index (κ1) is 24.4. The number of hydrogen-bond donors (Lipinski definition) is 1. The van der Waals surface area contributed by atoms with Crippen molar-refractivity contribution in [1.82, 2.24) is 15.0 Å². The van der Waals surface area contributed by atoms with Gasteiger partial charge in [-0.3, -0.25) is 4.98 Å². The van der Waals surface area contributed by atoms with Gasteiger partial charge in [-0.2, -0.15) is 0 Å². The van der Waals surface area contributed by atoms with Gasteiger partial charge in [0.1, 0.15) is 11.6 Å². The number of halogens is 1. The molecular formula is C31H32FN3. The Kier molecular flexibility index (Phi) is 8.84. The zero-order valence-electron chi connectivity index (χ0n) is 20.3. The van der Waals surface area contributed by atoms with Gasteiger partial charge in [0.25, 0.3) is 0 Å². The largest absolute Gasteiger partial charge is 0.342 e. The predicted molar refractivity (Wildman–Crippen MR) is 140 cm³/mol. The molecule has 3 nitrogen and oxygen atoms in total. The highest BCUT2D eigenvalue weighted by Crippen LogP contribution is 2.27. The highest BCUT2D eigenvalue weighted by Gasteiger charge is 2.13. The standard InChI is InChI=1S/C31H32FN3/c1-2-3-8-24(27-13-16-29(32)17-14-27)11-7-12-26(25-9-5-4-6-10-25)15-18-31-34-23-30(35-31)28-19-21-33-22-20-28/h4-6,9-10,13-14,16-17,19-24,26H,2-3,8,12,15,18H2,1H3,(H,34,35). The van der Waals surface area contributed by atoms with Gasteiger partial charge in [0, 0.05) is 36.7 Å². The zero-order valence-corrected chi connectivity index (χ0v) is 20.3. The lowest BCUT2D eigenvalue weighted by Crippen LogP contribution is -2.02. The fourth-order valence-electron chi connectivity index (χ4n) is 4.32. The van der Waals surface area contributed by atoms with Crippen molar-refractivity contribution in [3.63, 3.8) is 0 Å². The van der Waals surface area contributed by atoms with E-state index in [1.54, 1.807) is 12.4 Å². The van der Waals surface area contributed by atoms with Crippen LogP contribution in [0, 0.1) is 17.7 Å². The van der Waals surface area contributed by atoms with Gasteiger partial charge in [-0.1, -0.05) is 68.2 Å². The monoisotopic (exact) mass is 465 g/mol. The fraction of sp³-hybridized carbons (Fsp3) is 0.290. The summed E-state index contributed by atoms with van der Waals surface area (Å²) >= 11 is 0. The van der Waals surface area contributed by atoms with Crippen LogP contribution in [0.25, 0.3) is 11.3 Å². The number of benzene rings is 2. The first-order valence-corrected chi connectivity index (χ1v) is 12.5. The summed E-state index contributed by atoms with van der Waals surface area (Å²) in [5, 5.41) is 0. The second kappa shape index (κ2) is 12.7. The highest BCUT2D eigenvalue weighted by atomic mass is 19.1. The van der Waals surface area contributed by atoms with Crippen molar-refractivity contribution in [3.8, 4) is 23.1 Å². The molecule has 2 heterocycles. The van der Waals surface area contributed by atoms with Gasteiger partial charge >= 0.3 is 0 Å². The molecule has 0 aliphatic heterocycles. The minimum atomic E-state index is -0.204. The average Bonchev–Trinajstić information content (AvgIpc) is 3.39. The summed E-state index contributed by atoms with van der Waals surface area (Å²) < 4.78 is 13.4. The molecule has 0 amide bonds. The second-order valence-electron chi connectivity index (χ2n) is 8.90. The van der Waals surface area contributed by atoms with E-state index in [2.05, 4.69) is 64.0 Å². The molecule has 0 spiro atoms. The van der Waals surface area contributed by atoms with Crippen molar-refractivity contribution >= 4 is 0 Å². The third-order valence-corrected chi connectivity index (χ3v) is 6.36. The van der Waals surface area contributed by atoms with Gasteiger partial charge in [0.15, 0.2) is 0 Å². The molecule has 4 rings (SSSR count). The molecule has 2 unspecified atom stereocenters. The van der Waals surface area contributed by atoms with Gasteiger partial charge in [-0.25, -0.2) is 9.37 Å². The van der Waals surface area contributed by atoms with E-state index in [0.717, 1.165) is 61.2 Å². The van der Waals surface area contributed by atoms with Gasteiger partial charge in [0.2, 0.25) is 0 Å². The Balaban J connectivity index is 1.46. The summed E-state index contributed by atoms with van der Waals surface area (Å²) in [5.74, 6) is 8.24. The summed E-state index contributed by atoms with van der Waals surface area (Å²) in [6.07, 6.45) is 11.3. The van der Waals surface area contributed by atoms with Crippen LogP contribution < -0.4 is 0 Å². The number of nitrogens with one attached hydrogen (secondary N) is 1. The summed E-state index contributed by atoms with van der Waals surface area (Å²) in [4.78, 5) is 12.1. The van der Waals surface area contributed by atoms with Crippen LogP contribution in [0.3, 0.4) is 0 Å². The molecule has 0 saturated carbocycles. The molecule has 4 heteroatoms. The molecular weight excluding hydrogens is 433 g/mol. The van der Waals surface area contributed by atoms with Gasteiger partial charge in [-0.05, 0) is 54.2 Å². The highest BCUT2D eigenvalue weighted by molar-refractivity contribution is 5.57. The van der Waals surface area contributed by atoms with Crippen molar-refractivity contribution in [2.24, 2.45) is 0 Å². The molecule has 35 heavy (non-hydrogen) atoms. The summed E-state index contributed by atoms with van der Waals surface area (Å²) in [5.41, 5.74) is 4.50. The molecule has 2 aromatic heterocycles. The summed E-state index contributed by atoms with van der Waals surface area (Å²) in [6.45, 7) is 2.19. The normalized spacial score (nSPS) is 12.5. The van der Waals surface area contributed by atoms with Crippen LogP contribution in [0.1, 0.15) is 67.8 Å². The quantitative estimate of drug-likeness (QED) is 0.244. The number of aryl methyl sites for hydroxylation is 1. The Morgan fingerprint density at radius 2 is 1.69 bits per heavy atom. The minimum Gasteiger partial charge on any atom is -0.342 e. The van der Waals surface area contributed by atoms with Crippen LogP contribution in [-0.4, -0.2) is 15.0 Å². The summed E-state index contributed by atoms with van der Waals surface area (Å²) in [6, 6.07) is 21.4. The second-order valence-corrected chi connectivity index (χ2v) is 8.90. The smallest absolute Gasteiger partial charge is 0.123 e. The van der Waals surface area contributed by atoms with Gasteiger partial charge in [-0.15, -0.1) is 5.92 Å². The Labute approximate surface area is 207 Å². The average molecular weight is 466 g/mol. The van der Waals surface area contributed by atoms with E-state index in [1.807, 2.05) is 30.5 Å². The van der Waals surface area contributed by atoms with E-state index < -0.39 is 0 Å². The van der Waals surface area contributed by atoms with E-state index in [-0.39, 0.29) is 11.7 Å². The maximum absolute atomic E-state index is 13.4. The number of rotatable bonds is 10. The Morgan fingerprint density at radius 1 is 0.914 bits per heavy atom. The number of hydrogen-bond acceptors (Lipinski definition) is 2. The van der Waals surface area contributed by atoms with Crippen molar-refractivity contribution in [1.29, 1.82) is 0 Å². The third kappa shape index (κ3) is 7.13. The van der Waals surface area contributed by atoms with E-state index in [0.29, 0.717) is 5.92 Å². The molecule has 0 bridgehead atoms. The van der Waals surface area contributed by atoms with Crippen LogP contribution >= 0.6 is 0 Å². The Hall–Kier alpha value is -3.71. The topological polar surface area (TPSA) is 41.6 Å². The number of unbranched alkanes of at least 4 members (excludes halogenated alkanes) is 1. The van der Waals surface area contributed by atoms with Crippen molar-refractivity contribution in [2.45, 2.75) is 57.3 Å². The first-order valence-electron chi connectivity index (χ1n) is 12.5. The van der Waals surface area contributed by atoms with Gasteiger partial charge < -0.3 is 4.98 Å².